The van der Waals surface area contributed by atoms with Gasteiger partial charge in [-0.05, 0) is 24.1 Å². The molecule has 0 saturated heterocycles. The first-order valence-electron chi connectivity index (χ1n) is 7.03. The Balaban J connectivity index is 2.09. The van der Waals surface area contributed by atoms with E-state index in [2.05, 4.69) is 20.5 Å². The van der Waals surface area contributed by atoms with E-state index in [0.29, 0.717) is 11.4 Å². The molecule has 0 aliphatic rings. The van der Waals surface area contributed by atoms with Crippen LogP contribution in [0.5, 0.6) is 0 Å². The van der Waals surface area contributed by atoms with Crippen LogP contribution in [0.2, 0.25) is 0 Å². The van der Waals surface area contributed by atoms with Crippen molar-refractivity contribution in [3.63, 3.8) is 0 Å². The molecule has 0 aliphatic heterocycles. The second kappa shape index (κ2) is 6.99. The van der Waals surface area contributed by atoms with Crippen molar-refractivity contribution in [2.24, 2.45) is 5.92 Å². The van der Waals surface area contributed by atoms with Crippen LogP contribution < -0.4 is 5.32 Å². The zero-order valence-corrected chi connectivity index (χ0v) is 12.2. The summed E-state index contributed by atoms with van der Waals surface area (Å²) in [6.45, 7) is 3.94. The summed E-state index contributed by atoms with van der Waals surface area (Å²) >= 11 is 0. The molecular formula is C15H20N4O2. The number of pyridine rings is 1. The Bertz CT molecular complexity index is 582. The van der Waals surface area contributed by atoms with Crippen molar-refractivity contribution < 1.29 is 9.90 Å². The molecule has 6 nitrogen and oxygen atoms in total. The van der Waals surface area contributed by atoms with Gasteiger partial charge in [0, 0.05) is 18.0 Å². The predicted molar refractivity (Wildman–Crippen MR) is 79.6 cm³/mol. The van der Waals surface area contributed by atoms with Crippen molar-refractivity contribution >= 4 is 5.91 Å². The zero-order chi connectivity index (χ0) is 15.2. The molecule has 0 aromatic carbocycles. The molecule has 21 heavy (non-hydrogen) atoms. The highest BCUT2D eigenvalue weighted by atomic mass is 16.3. The van der Waals surface area contributed by atoms with E-state index in [-0.39, 0.29) is 24.5 Å². The molecule has 0 fully saturated rings. The van der Waals surface area contributed by atoms with Gasteiger partial charge in [-0.1, -0.05) is 20.3 Å². The first-order chi connectivity index (χ1) is 10.2. The summed E-state index contributed by atoms with van der Waals surface area (Å²) in [6, 6.07) is 5.09. The van der Waals surface area contributed by atoms with Crippen LogP contribution >= 0.6 is 0 Å². The van der Waals surface area contributed by atoms with E-state index in [0.717, 1.165) is 12.0 Å². The van der Waals surface area contributed by atoms with Crippen LogP contribution in [0.15, 0.2) is 30.6 Å². The lowest BCUT2D eigenvalue weighted by molar-refractivity contribution is 0.0886. The second-order valence-corrected chi connectivity index (χ2v) is 5.05. The number of carbonyl (C=O) groups excluding carboxylic acids is 1. The molecule has 0 aliphatic carbocycles. The van der Waals surface area contributed by atoms with Crippen LogP contribution in [0.25, 0.3) is 11.3 Å². The number of carbonyl (C=O) groups is 1. The van der Waals surface area contributed by atoms with Crippen LogP contribution in [0.4, 0.5) is 0 Å². The third-order valence-corrected chi connectivity index (χ3v) is 3.64. The van der Waals surface area contributed by atoms with Crippen molar-refractivity contribution in [3.8, 4) is 11.3 Å². The maximum atomic E-state index is 12.2. The van der Waals surface area contributed by atoms with Crippen LogP contribution in [0.1, 0.15) is 30.8 Å². The van der Waals surface area contributed by atoms with E-state index < -0.39 is 0 Å². The van der Waals surface area contributed by atoms with Gasteiger partial charge in [0.25, 0.3) is 5.91 Å². The average molecular weight is 288 g/mol. The topological polar surface area (TPSA) is 90.9 Å². The maximum absolute atomic E-state index is 12.2. The van der Waals surface area contributed by atoms with Gasteiger partial charge in [0.05, 0.1) is 18.3 Å². The highest BCUT2D eigenvalue weighted by Crippen LogP contribution is 2.16. The van der Waals surface area contributed by atoms with E-state index in [1.165, 1.54) is 0 Å². The highest BCUT2D eigenvalue weighted by molar-refractivity contribution is 5.93. The molecule has 2 heterocycles. The first-order valence-corrected chi connectivity index (χ1v) is 7.03. The standard InChI is InChI=1S/C15H20N4O2/c1-3-10(2)14(9-20)17-15(21)13-8-12(18-19-13)11-4-6-16-7-5-11/h4-8,10,14,20H,3,9H2,1-2H3,(H,17,21)(H,18,19)/t10-,14+/m1/s1. The SMILES string of the molecule is CC[C@@H](C)[C@H](CO)NC(=O)c1cc(-c2ccncc2)n[nH]1. The summed E-state index contributed by atoms with van der Waals surface area (Å²) in [5.41, 5.74) is 1.95. The molecule has 0 unspecified atom stereocenters. The maximum Gasteiger partial charge on any atom is 0.269 e. The van der Waals surface area contributed by atoms with Crippen LogP contribution in [0, 0.1) is 5.92 Å². The summed E-state index contributed by atoms with van der Waals surface area (Å²) in [4.78, 5) is 16.1. The largest absolute Gasteiger partial charge is 0.394 e. The summed E-state index contributed by atoms with van der Waals surface area (Å²) in [6.07, 6.45) is 4.24. The van der Waals surface area contributed by atoms with Gasteiger partial charge < -0.3 is 10.4 Å². The van der Waals surface area contributed by atoms with Crippen molar-refractivity contribution in [2.45, 2.75) is 26.3 Å². The lowest BCUT2D eigenvalue weighted by Crippen LogP contribution is -2.42. The third-order valence-electron chi connectivity index (χ3n) is 3.64. The molecular weight excluding hydrogens is 268 g/mol. The van der Waals surface area contributed by atoms with Gasteiger partial charge in [0.1, 0.15) is 5.69 Å². The number of aliphatic hydroxyl groups excluding tert-OH is 1. The van der Waals surface area contributed by atoms with Crippen LogP contribution in [-0.2, 0) is 0 Å². The fourth-order valence-corrected chi connectivity index (χ4v) is 2.01. The van der Waals surface area contributed by atoms with Gasteiger partial charge in [0.2, 0.25) is 0 Å². The molecule has 0 radical (unpaired) electrons. The Kier molecular flexibility index (Phi) is 5.05. The van der Waals surface area contributed by atoms with Gasteiger partial charge in [-0.3, -0.25) is 14.9 Å². The lowest BCUT2D eigenvalue weighted by atomic mass is 10.00. The number of nitrogens with one attached hydrogen (secondary N) is 2. The summed E-state index contributed by atoms with van der Waals surface area (Å²) < 4.78 is 0. The number of nitrogens with zero attached hydrogens (tertiary/aromatic N) is 2. The normalized spacial score (nSPS) is 13.7. The monoisotopic (exact) mass is 288 g/mol. The number of aromatic amines is 1. The number of aliphatic hydroxyl groups is 1. The summed E-state index contributed by atoms with van der Waals surface area (Å²) in [5.74, 6) is -0.0521. The lowest BCUT2D eigenvalue weighted by Gasteiger charge is -2.21. The summed E-state index contributed by atoms with van der Waals surface area (Å²) in [7, 11) is 0. The molecule has 1 amide bonds. The van der Waals surface area contributed by atoms with E-state index in [1.807, 2.05) is 26.0 Å². The van der Waals surface area contributed by atoms with E-state index in [4.69, 9.17) is 0 Å². The molecule has 3 N–H and O–H groups in total. The number of H-pyrrole nitrogens is 1. The Morgan fingerprint density at radius 1 is 1.43 bits per heavy atom. The van der Waals surface area contributed by atoms with E-state index in [9.17, 15) is 9.90 Å². The van der Waals surface area contributed by atoms with Crippen molar-refractivity contribution in [1.82, 2.24) is 20.5 Å². The molecule has 2 rings (SSSR count). The fraction of sp³-hybridized carbons (Fsp3) is 0.400. The van der Waals surface area contributed by atoms with Gasteiger partial charge in [-0.15, -0.1) is 0 Å². The molecule has 0 spiro atoms. The second-order valence-electron chi connectivity index (χ2n) is 5.05. The zero-order valence-electron chi connectivity index (χ0n) is 12.2. The van der Waals surface area contributed by atoms with E-state index >= 15 is 0 Å². The number of rotatable bonds is 6. The average Bonchev–Trinajstić information content (AvgIpc) is 3.02. The van der Waals surface area contributed by atoms with Crippen molar-refractivity contribution in [3.05, 3.63) is 36.3 Å². The Morgan fingerprint density at radius 2 is 2.14 bits per heavy atom. The minimum absolute atomic E-state index is 0.0773. The van der Waals surface area contributed by atoms with Gasteiger partial charge in [0.15, 0.2) is 0 Å². The smallest absolute Gasteiger partial charge is 0.269 e. The number of hydrogen-bond donors (Lipinski definition) is 3. The molecule has 2 aromatic heterocycles. The van der Waals surface area contributed by atoms with Crippen LogP contribution in [0.3, 0.4) is 0 Å². The molecule has 112 valence electrons. The minimum atomic E-state index is -0.262. The third kappa shape index (κ3) is 3.66. The minimum Gasteiger partial charge on any atom is -0.394 e. The molecule has 0 bridgehead atoms. The predicted octanol–water partition coefficient (Wildman–Crippen LogP) is 1.61. The Morgan fingerprint density at radius 3 is 2.76 bits per heavy atom. The van der Waals surface area contributed by atoms with E-state index in [1.54, 1.807) is 18.5 Å². The van der Waals surface area contributed by atoms with Gasteiger partial charge in [-0.2, -0.15) is 5.10 Å². The quantitative estimate of drug-likeness (QED) is 0.753. The first kappa shape index (κ1) is 15.2. The number of hydrogen-bond acceptors (Lipinski definition) is 4. The molecule has 0 saturated carbocycles. The highest BCUT2D eigenvalue weighted by Gasteiger charge is 2.19. The summed E-state index contributed by atoms with van der Waals surface area (Å²) in [5, 5.41) is 19.0. The molecule has 2 aromatic rings. The number of aromatic nitrogens is 3. The van der Waals surface area contributed by atoms with Crippen molar-refractivity contribution in [2.75, 3.05) is 6.61 Å². The Hall–Kier alpha value is -2.21. The molecule has 6 heteroatoms. The number of amides is 1. The fourth-order valence-electron chi connectivity index (χ4n) is 2.01. The molecule has 2 atom stereocenters. The van der Waals surface area contributed by atoms with Crippen LogP contribution in [-0.4, -0.2) is 38.8 Å². The van der Waals surface area contributed by atoms with Gasteiger partial charge >= 0.3 is 0 Å². The van der Waals surface area contributed by atoms with Gasteiger partial charge in [-0.25, -0.2) is 0 Å². The Labute approximate surface area is 123 Å². The van der Waals surface area contributed by atoms with Crippen molar-refractivity contribution in [1.29, 1.82) is 0 Å².